The molecule has 0 unspecified atom stereocenters. The van der Waals surface area contributed by atoms with Crippen LogP contribution >= 0.6 is 0 Å². The average Bonchev–Trinajstić information content (AvgIpc) is 3.65. The highest BCUT2D eigenvalue weighted by Gasteiger charge is 2.48. The summed E-state index contributed by atoms with van der Waals surface area (Å²) in [5.41, 5.74) is 8.76. The Hall–Kier alpha value is -3.20. The lowest BCUT2D eigenvalue weighted by molar-refractivity contribution is 0.291. The number of rotatable bonds is 8. The Balaban J connectivity index is 0.00000156. The highest BCUT2D eigenvalue weighted by atomic mass is 15.2. The van der Waals surface area contributed by atoms with E-state index in [1.54, 1.807) is 0 Å². The first-order valence-electron chi connectivity index (χ1n) is 14.2. The molecule has 2 aromatic rings. The Morgan fingerprint density at radius 3 is 2.43 bits per heavy atom. The number of benzene rings is 1. The van der Waals surface area contributed by atoms with Gasteiger partial charge in [0.1, 0.15) is 0 Å². The van der Waals surface area contributed by atoms with Crippen molar-refractivity contribution in [2.75, 3.05) is 20.1 Å². The van der Waals surface area contributed by atoms with Crippen molar-refractivity contribution in [1.82, 2.24) is 14.8 Å². The molecular weight excluding hydrogens is 450 g/mol. The standard InChI is InChI=1S/C32H39N3.C2H6/c1-6-25-14-16-28(17-15-25)32(18-19-32)34(5)23(3)29(7-2)27-12-10-20-35(22-27)24(4)31-21-26-11-8-9-13-30(26)33-31;1-2/h7,11,13-17,21,33H,2-4,6,8-10,12,18-20,22H2,1,5H3;1-2H3/b29-27-;. The van der Waals surface area contributed by atoms with Crippen molar-refractivity contribution in [3.63, 3.8) is 0 Å². The molecule has 0 bridgehead atoms. The molecule has 1 aliphatic heterocycles. The molecule has 2 fully saturated rings. The molecule has 196 valence electrons. The van der Waals surface area contributed by atoms with Crippen molar-refractivity contribution < 1.29 is 0 Å². The molecule has 1 saturated carbocycles. The summed E-state index contributed by atoms with van der Waals surface area (Å²) in [6.07, 6.45) is 14.5. The van der Waals surface area contributed by atoms with Gasteiger partial charge in [-0.1, -0.05) is 83.0 Å². The van der Waals surface area contributed by atoms with E-state index in [-0.39, 0.29) is 5.54 Å². The van der Waals surface area contributed by atoms with Gasteiger partial charge in [-0.3, -0.25) is 0 Å². The molecule has 0 amide bonds. The van der Waals surface area contributed by atoms with Crippen LogP contribution in [0, 0.1) is 0 Å². The Morgan fingerprint density at radius 2 is 1.81 bits per heavy atom. The van der Waals surface area contributed by atoms with Crippen LogP contribution in [-0.2, 0) is 12.0 Å². The first-order valence-corrected chi connectivity index (χ1v) is 14.2. The normalized spacial score (nSPS) is 18.8. The van der Waals surface area contributed by atoms with Gasteiger partial charge in [-0.05, 0) is 78.5 Å². The van der Waals surface area contributed by atoms with Crippen molar-refractivity contribution in [1.29, 1.82) is 0 Å². The number of aromatic nitrogens is 1. The summed E-state index contributed by atoms with van der Waals surface area (Å²) >= 11 is 0. The Kier molecular flexibility index (Phi) is 8.32. The van der Waals surface area contributed by atoms with Crippen LogP contribution in [0.1, 0.15) is 76.1 Å². The fourth-order valence-corrected chi connectivity index (χ4v) is 5.83. The SMILES string of the molecule is C=C/C(C(=C)N(C)C1(c2ccc(CC)cc2)CC1)=C1\CCCN(C(=C)c2cc3c([nH]2)=CCCC=3)C1.CC. The zero-order chi connectivity index (χ0) is 26.6. The second-order valence-electron chi connectivity index (χ2n) is 10.3. The number of piperidine rings is 1. The van der Waals surface area contributed by atoms with E-state index in [4.69, 9.17) is 0 Å². The van der Waals surface area contributed by atoms with Crippen molar-refractivity contribution in [2.24, 2.45) is 0 Å². The molecule has 3 heteroatoms. The number of likely N-dealkylation sites (tertiary alicyclic amines) is 1. The van der Waals surface area contributed by atoms with Crippen LogP contribution in [-0.4, -0.2) is 34.9 Å². The van der Waals surface area contributed by atoms with Crippen LogP contribution in [0.15, 0.2) is 73.0 Å². The number of allylic oxidation sites excluding steroid dienone is 1. The fraction of sp³-hybridized carbons (Fsp3) is 0.412. The molecule has 3 aliphatic rings. The van der Waals surface area contributed by atoms with Crippen LogP contribution in [0.4, 0.5) is 0 Å². The van der Waals surface area contributed by atoms with Gasteiger partial charge in [-0.25, -0.2) is 0 Å². The number of likely N-dealkylation sites (N-methyl/N-ethyl adjacent to an activating group) is 1. The van der Waals surface area contributed by atoms with Gasteiger partial charge in [0.2, 0.25) is 0 Å². The summed E-state index contributed by atoms with van der Waals surface area (Å²) in [7, 11) is 2.21. The maximum Gasteiger partial charge on any atom is 0.0652 e. The maximum atomic E-state index is 4.58. The lowest BCUT2D eigenvalue weighted by atomic mass is 9.94. The van der Waals surface area contributed by atoms with E-state index in [0.717, 1.165) is 62.3 Å². The number of nitrogens with zero attached hydrogens (tertiary/aromatic N) is 2. The van der Waals surface area contributed by atoms with Gasteiger partial charge in [0.25, 0.3) is 0 Å². The first-order chi connectivity index (χ1) is 18.0. The molecule has 37 heavy (non-hydrogen) atoms. The summed E-state index contributed by atoms with van der Waals surface area (Å²) < 4.78 is 0. The molecule has 1 aromatic carbocycles. The number of H-pyrrole nitrogens is 1. The average molecular weight is 496 g/mol. The Morgan fingerprint density at radius 1 is 1.11 bits per heavy atom. The minimum absolute atomic E-state index is 0.0620. The van der Waals surface area contributed by atoms with Gasteiger partial charge < -0.3 is 14.8 Å². The third-order valence-corrected chi connectivity index (χ3v) is 8.31. The molecule has 5 rings (SSSR count). The number of fused-ring (bicyclic) bond motifs is 1. The second kappa shape index (κ2) is 11.5. The largest absolute Gasteiger partial charge is 0.366 e. The number of nitrogens with one attached hydrogen (secondary N) is 1. The summed E-state index contributed by atoms with van der Waals surface area (Å²) in [5, 5.41) is 2.55. The minimum atomic E-state index is 0.0620. The third kappa shape index (κ3) is 5.28. The number of aryl methyl sites for hydroxylation is 1. The summed E-state index contributed by atoms with van der Waals surface area (Å²) in [6, 6.07) is 11.4. The maximum absolute atomic E-state index is 4.58. The van der Waals surface area contributed by atoms with Crippen LogP contribution < -0.4 is 10.6 Å². The van der Waals surface area contributed by atoms with Gasteiger partial charge in [0.05, 0.1) is 16.9 Å². The molecule has 1 saturated heterocycles. The molecule has 3 nitrogen and oxygen atoms in total. The van der Waals surface area contributed by atoms with E-state index in [2.05, 4.69) is 91.0 Å². The lowest BCUT2D eigenvalue weighted by Gasteiger charge is -2.36. The molecule has 0 spiro atoms. The van der Waals surface area contributed by atoms with Crippen molar-refractivity contribution in [2.45, 2.75) is 71.3 Å². The number of hydrogen-bond donors (Lipinski definition) is 1. The Bertz CT molecular complexity index is 1260. The van der Waals surface area contributed by atoms with E-state index < -0.39 is 0 Å². The summed E-state index contributed by atoms with van der Waals surface area (Å²) in [4.78, 5) is 8.43. The first kappa shape index (κ1) is 26.9. The fourth-order valence-electron chi connectivity index (χ4n) is 5.83. The topological polar surface area (TPSA) is 22.3 Å². The highest BCUT2D eigenvalue weighted by Crippen LogP contribution is 2.52. The second-order valence-corrected chi connectivity index (χ2v) is 10.3. The summed E-state index contributed by atoms with van der Waals surface area (Å²) in [6.45, 7) is 21.4. The number of aromatic amines is 1. The van der Waals surface area contributed by atoms with Gasteiger partial charge in [0.15, 0.2) is 0 Å². The predicted octanol–water partition coefficient (Wildman–Crippen LogP) is 6.64. The number of hydrogen-bond acceptors (Lipinski definition) is 2. The molecular formula is C34H45N3. The van der Waals surface area contributed by atoms with E-state index in [1.165, 1.54) is 45.7 Å². The van der Waals surface area contributed by atoms with Crippen molar-refractivity contribution >= 4 is 17.8 Å². The molecule has 1 aromatic heterocycles. The molecule has 0 radical (unpaired) electrons. The van der Waals surface area contributed by atoms with Crippen LogP contribution in [0.2, 0.25) is 0 Å². The third-order valence-electron chi connectivity index (χ3n) is 8.31. The van der Waals surface area contributed by atoms with Gasteiger partial charge >= 0.3 is 0 Å². The van der Waals surface area contributed by atoms with E-state index in [0.29, 0.717) is 0 Å². The van der Waals surface area contributed by atoms with E-state index in [9.17, 15) is 0 Å². The van der Waals surface area contributed by atoms with Gasteiger partial charge in [-0.15, -0.1) is 0 Å². The lowest BCUT2D eigenvalue weighted by Crippen LogP contribution is -2.34. The van der Waals surface area contributed by atoms with E-state index >= 15 is 0 Å². The Labute approximate surface area is 224 Å². The smallest absolute Gasteiger partial charge is 0.0652 e. The quantitative estimate of drug-likeness (QED) is 0.443. The predicted molar refractivity (Wildman–Crippen MR) is 160 cm³/mol. The van der Waals surface area contributed by atoms with Crippen LogP contribution in [0.3, 0.4) is 0 Å². The zero-order valence-corrected chi connectivity index (χ0v) is 23.5. The van der Waals surface area contributed by atoms with Gasteiger partial charge in [-0.2, -0.15) is 0 Å². The molecule has 2 aliphatic carbocycles. The molecule has 1 N–H and O–H groups in total. The molecule has 0 atom stereocenters. The highest BCUT2D eigenvalue weighted by molar-refractivity contribution is 5.61. The minimum Gasteiger partial charge on any atom is -0.366 e. The monoisotopic (exact) mass is 495 g/mol. The van der Waals surface area contributed by atoms with Crippen LogP contribution in [0.5, 0.6) is 0 Å². The van der Waals surface area contributed by atoms with Crippen molar-refractivity contribution in [3.05, 3.63) is 100 Å². The summed E-state index contributed by atoms with van der Waals surface area (Å²) in [5.74, 6) is 0. The zero-order valence-electron chi connectivity index (χ0n) is 23.5. The molecule has 2 heterocycles. The van der Waals surface area contributed by atoms with E-state index in [1.807, 2.05) is 19.9 Å². The van der Waals surface area contributed by atoms with Crippen molar-refractivity contribution in [3.8, 4) is 0 Å². The van der Waals surface area contributed by atoms with Gasteiger partial charge in [0, 0.05) is 31.2 Å². The van der Waals surface area contributed by atoms with Crippen LogP contribution in [0.25, 0.3) is 17.8 Å².